The third-order valence-electron chi connectivity index (χ3n) is 11.0. The minimum atomic E-state index is -1.42. The van der Waals surface area contributed by atoms with E-state index < -0.39 is 59.6 Å². The first-order valence-electron chi connectivity index (χ1n) is 17.4. The third-order valence-corrected chi connectivity index (χ3v) is 11.0. The number of allylic oxidation sites excluding steroid dienone is 1. The zero-order valence-corrected chi connectivity index (χ0v) is 28.7. The van der Waals surface area contributed by atoms with E-state index in [9.17, 15) is 24.3 Å². The van der Waals surface area contributed by atoms with Crippen molar-refractivity contribution in [1.82, 2.24) is 14.7 Å². The highest BCUT2D eigenvalue weighted by molar-refractivity contribution is 5.99. The van der Waals surface area contributed by atoms with E-state index in [1.165, 1.54) is 4.90 Å². The molecule has 0 saturated carbocycles. The Morgan fingerprint density at radius 3 is 2.35 bits per heavy atom. The number of nitrogens with zero attached hydrogens (tertiary/aromatic N) is 3. The van der Waals surface area contributed by atoms with Crippen molar-refractivity contribution >= 4 is 23.7 Å². The molecule has 2 fully saturated rings. The number of fused-ring (bicyclic) bond motifs is 2. The molecule has 4 aliphatic heterocycles. The number of likely N-dealkylation sites (tertiary alicyclic amines) is 1. The molecule has 0 radical (unpaired) electrons. The van der Waals surface area contributed by atoms with Gasteiger partial charge in [-0.2, -0.15) is 0 Å². The molecule has 5 bridgehead atoms. The van der Waals surface area contributed by atoms with Crippen LogP contribution in [0.3, 0.4) is 0 Å². The van der Waals surface area contributed by atoms with Crippen LogP contribution in [0.4, 0.5) is 0 Å². The summed E-state index contributed by atoms with van der Waals surface area (Å²) in [6.45, 7) is 5.94. The minimum Gasteiger partial charge on any atom is -0.455 e. The molecule has 10 nitrogen and oxygen atoms in total. The van der Waals surface area contributed by atoms with Gasteiger partial charge < -0.3 is 29.3 Å². The molecule has 6 rings (SSSR count). The molecular weight excluding hydrogens is 622 g/mol. The highest BCUT2D eigenvalue weighted by atomic mass is 16.6. The first-order valence-corrected chi connectivity index (χ1v) is 17.4. The van der Waals surface area contributed by atoms with Gasteiger partial charge in [-0.05, 0) is 30.4 Å². The summed E-state index contributed by atoms with van der Waals surface area (Å²) in [5.74, 6) is -3.65. The molecule has 1 spiro atoms. The lowest BCUT2D eigenvalue weighted by molar-refractivity contribution is -0.164. The number of likely N-dealkylation sites (N-methyl/N-ethyl adjacent to an activating group) is 1. The Bertz CT molecular complexity index is 1600. The van der Waals surface area contributed by atoms with E-state index in [2.05, 4.69) is 0 Å². The average molecular weight is 670 g/mol. The molecule has 1 N–H and O–H groups in total. The Labute approximate surface area is 288 Å². The molecule has 49 heavy (non-hydrogen) atoms. The van der Waals surface area contributed by atoms with Crippen LogP contribution in [0.5, 0.6) is 0 Å². The number of cyclic esters (lactones) is 1. The zero-order chi connectivity index (χ0) is 34.9. The highest BCUT2D eigenvalue weighted by Gasteiger charge is 2.74. The van der Waals surface area contributed by atoms with Gasteiger partial charge in [0.25, 0.3) is 0 Å². The van der Waals surface area contributed by atoms with E-state index in [-0.39, 0.29) is 43.8 Å². The lowest BCUT2D eigenvalue weighted by Gasteiger charge is -2.40. The van der Waals surface area contributed by atoms with Gasteiger partial charge in [-0.3, -0.25) is 19.2 Å². The van der Waals surface area contributed by atoms with E-state index in [0.29, 0.717) is 12.8 Å². The summed E-state index contributed by atoms with van der Waals surface area (Å²) >= 11 is 0. The molecule has 2 aromatic carbocycles. The quantitative estimate of drug-likeness (QED) is 0.349. The number of aliphatic hydroxyl groups is 1. The summed E-state index contributed by atoms with van der Waals surface area (Å²) < 4.78 is 12.9. The van der Waals surface area contributed by atoms with Gasteiger partial charge in [0.1, 0.15) is 23.7 Å². The normalized spacial score (nSPS) is 32.3. The van der Waals surface area contributed by atoms with Crippen molar-refractivity contribution in [3.05, 3.63) is 96.1 Å². The maximum absolute atomic E-state index is 15.0. The van der Waals surface area contributed by atoms with Crippen LogP contribution in [0.2, 0.25) is 0 Å². The van der Waals surface area contributed by atoms with Gasteiger partial charge >= 0.3 is 5.97 Å². The van der Waals surface area contributed by atoms with Crippen LogP contribution < -0.4 is 0 Å². The standard InChI is InChI=1S/C39H47N3O7/c1-5-25(2)29(24-43)42-35-37(46)41(23-27-15-9-6-10-16-27)22-14-8-13-19-31(44)40(4)26(3)34(28-17-11-7-12-18-28)48-38(47)32-30-20-21-39(35,49-30)33(32)36(42)45/h6-12,14-18,20-21,25-26,29-30,32-35,43H,5,13,19,22-24H2,1-4H3/b14-8-/t25-,26-,29-,30+,32-,33-,34+,35+,39-/m0/s1. The number of carbonyl (C=O) groups is 4. The number of rotatable bonds is 7. The van der Waals surface area contributed by atoms with Crippen LogP contribution >= 0.6 is 0 Å². The molecule has 10 heteroatoms. The maximum Gasteiger partial charge on any atom is 0.313 e. The Hall–Kier alpha value is -4.28. The Morgan fingerprint density at radius 2 is 1.67 bits per heavy atom. The van der Waals surface area contributed by atoms with Gasteiger partial charge in [-0.15, -0.1) is 0 Å². The molecule has 2 saturated heterocycles. The topological polar surface area (TPSA) is 117 Å². The van der Waals surface area contributed by atoms with Gasteiger partial charge in [-0.25, -0.2) is 0 Å². The van der Waals surface area contributed by atoms with Gasteiger partial charge in [0, 0.05) is 26.6 Å². The van der Waals surface area contributed by atoms with Crippen molar-refractivity contribution in [2.75, 3.05) is 20.2 Å². The maximum atomic E-state index is 15.0. The molecule has 2 aromatic rings. The second-order valence-corrected chi connectivity index (χ2v) is 13.8. The van der Waals surface area contributed by atoms with E-state index >= 15 is 0 Å². The van der Waals surface area contributed by atoms with Crippen molar-refractivity contribution in [2.24, 2.45) is 17.8 Å². The molecule has 0 aliphatic carbocycles. The van der Waals surface area contributed by atoms with Crippen LogP contribution in [0.25, 0.3) is 0 Å². The second-order valence-electron chi connectivity index (χ2n) is 13.8. The van der Waals surface area contributed by atoms with Gasteiger partial charge in [0.2, 0.25) is 17.7 Å². The largest absolute Gasteiger partial charge is 0.455 e. The van der Waals surface area contributed by atoms with E-state index in [0.717, 1.165) is 11.1 Å². The monoisotopic (exact) mass is 669 g/mol. The van der Waals surface area contributed by atoms with E-state index in [1.807, 2.05) is 93.6 Å². The van der Waals surface area contributed by atoms with E-state index in [1.54, 1.807) is 29.0 Å². The molecule has 9 atom stereocenters. The lowest BCUT2D eigenvalue weighted by atomic mass is 9.74. The number of ether oxygens (including phenoxy) is 2. The van der Waals surface area contributed by atoms with E-state index in [4.69, 9.17) is 9.47 Å². The predicted molar refractivity (Wildman–Crippen MR) is 182 cm³/mol. The van der Waals surface area contributed by atoms with Crippen molar-refractivity contribution in [2.45, 2.75) is 82.5 Å². The van der Waals surface area contributed by atoms with Crippen LogP contribution in [-0.2, 0) is 35.2 Å². The fourth-order valence-corrected chi connectivity index (χ4v) is 7.96. The molecule has 4 heterocycles. The summed E-state index contributed by atoms with van der Waals surface area (Å²) in [6.07, 6.45) is 7.10. The number of hydrogen-bond donors (Lipinski definition) is 1. The third kappa shape index (κ3) is 6.21. The summed E-state index contributed by atoms with van der Waals surface area (Å²) in [7, 11) is 1.71. The summed E-state index contributed by atoms with van der Waals surface area (Å²) in [4.78, 5) is 62.4. The molecule has 0 unspecified atom stereocenters. The van der Waals surface area contributed by atoms with Gasteiger partial charge in [0.15, 0.2) is 0 Å². The fourth-order valence-electron chi connectivity index (χ4n) is 7.96. The summed E-state index contributed by atoms with van der Waals surface area (Å²) in [5, 5.41) is 10.7. The number of esters is 1. The summed E-state index contributed by atoms with van der Waals surface area (Å²) in [6, 6.07) is 16.6. The first kappa shape index (κ1) is 34.6. The van der Waals surface area contributed by atoms with Crippen molar-refractivity contribution in [3.8, 4) is 0 Å². The predicted octanol–water partition coefficient (Wildman–Crippen LogP) is 4.05. The Morgan fingerprint density at radius 1 is 0.980 bits per heavy atom. The van der Waals surface area contributed by atoms with Gasteiger partial charge in [-0.1, -0.05) is 105 Å². The Balaban J connectivity index is 1.47. The van der Waals surface area contributed by atoms with Crippen molar-refractivity contribution in [1.29, 1.82) is 0 Å². The molecule has 3 amide bonds. The number of hydrogen-bond acceptors (Lipinski definition) is 7. The van der Waals surface area contributed by atoms with Crippen LogP contribution in [-0.4, -0.2) is 93.5 Å². The fraction of sp³-hybridized carbons (Fsp3) is 0.487. The zero-order valence-electron chi connectivity index (χ0n) is 28.7. The minimum absolute atomic E-state index is 0.106. The lowest BCUT2D eigenvalue weighted by Crippen LogP contribution is -2.59. The molecule has 4 aliphatic rings. The molecule has 0 aromatic heterocycles. The van der Waals surface area contributed by atoms with Crippen molar-refractivity contribution in [3.63, 3.8) is 0 Å². The summed E-state index contributed by atoms with van der Waals surface area (Å²) in [5.41, 5.74) is 0.208. The van der Waals surface area contributed by atoms with Crippen LogP contribution in [0.15, 0.2) is 85.0 Å². The molecular formula is C39H47N3O7. The number of benzene rings is 2. The highest BCUT2D eigenvalue weighted by Crippen LogP contribution is 2.56. The van der Waals surface area contributed by atoms with Gasteiger partial charge in [0.05, 0.1) is 30.7 Å². The van der Waals surface area contributed by atoms with Crippen LogP contribution in [0, 0.1) is 17.8 Å². The number of aliphatic hydroxyl groups excluding tert-OH is 1. The average Bonchev–Trinajstić information content (AvgIpc) is 3.77. The number of carbonyl (C=O) groups excluding carboxylic acids is 4. The second kappa shape index (κ2) is 14.3. The molecule has 260 valence electrons. The SMILES string of the molecule is CC[C@H](C)[C@H](CO)N1C(=O)[C@@H]2[C@H]3C(=O)O[C@@H](c4ccccc4)[C@H](C)N(C)C(=O)CC/C=C\CN(Cc4ccccc4)C(=O)[C@@H]1[C@]21C=C[C@H]3O1. The smallest absolute Gasteiger partial charge is 0.313 e. The Kier molecular flexibility index (Phi) is 10.1. The first-order chi connectivity index (χ1) is 23.6. The number of amides is 3. The van der Waals surface area contributed by atoms with Crippen molar-refractivity contribution < 1.29 is 33.8 Å². The van der Waals surface area contributed by atoms with Crippen LogP contribution in [0.1, 0.15) is 57.3 Å².